The molecule has 0 aromatic carbocycles. The fraction of sp³-hybridized carbons (Fsp3) is 1.00. The van der Waals surface area contributed by atoms with Crippen LogP contribution in [0.5, 0.6) is 0 Å². The monoisotopic (exact) mass is 306 g/mol. The van der Waals surface area contributed by atoms with E-state index < -0.39 is 32.7 Å². The second-order valence-electron chi connectivity index (χ2n) is 7.66. The van der Waals surface area contributed by atoms with Crippen molar-refractivity contribution >= 4 is 8.32 Å². The summed E-state index contributed by atoms with van der Waals surface area (Å²) in [6.07, 6.45) is -2.86. The van der Waals surface area contributed by atoms with Crippen LogP contribution < -0.4 is 0 Å². The van der Waals surface area contributed by atoms with Crippen LogP contribution in [0.15, 0.2) is 0 Å². The Balaban J connectivity index is 1.98. The minimum absolute atomic E-state index is 0.117. The van der Waals surface area contributed by atoms with E-state index in [0.717, 1.165) is 0 Å². The number of ether oxygens (including phenoxy) is 3. The number of hydrogen-bond acceptors (Lipinski definition) is 4. The van der Waals surface area contributed by atoms with Gasteiger partial charge in [-0.1, -0.05) is 20.8 Å². The zero-order valence-corrected chi connectivity index (χ0v) is 14.5. The Bertz CT molecular complexity index is 367. The first-order chi connectivity index (χ1) is 8.93. The number of alkyl halides is 1. The molecule has 4 atom stereocenters. The summed E-state index contributed by atoms with van der Waals surface area (Å²) in [6, 6.07) is 0. The van der Waals surface area contributed by atoms with Gasteiger partial charge in [0.1, 0.15) is 18.3 Å². The highest BCUT2D eigenvalue weighted by Crippen LogP contribution is 2.41. The Morgan fingerprint density at radius 3 is 2.25 bits per heavy atom. The van der Waals surface area contributed by atoms with Crippen molar-refractivity contribution in [2.45, 2.75) is 83.2 Å². The van der Waals surface area contributed by atoms with E-state index in [1.54, 1.807) is 13.8 Å². The molecule has 20 heavy (non-hydrogen) atoms. The van der Waals surface area contributed by atoms with Crippen molar-refractivity contribution in [1.29, 1.82) is 0 Å². The van der Waals surface area contributed by atoms with Gasteiger partial charge in [-0.3, -0.25) is 0 Å². The summed E-state index contributed by atoms with van der Waals surface area (Å²) >= 11 is 0. The Labute approximate surface area is 122 Å². The van der Waals surface area contributed by atoms with Gasteiger partial charge >= 0.3 is 0 Å². The molecule has 0 unspecified atom stereocenters. The van der Waals surface area contributed by atoms with E-state index in [1.807, 2.05) is 0 Å². The van der Waals surface area contributed by atoms with Crippen LogP contribution in [0.1, 0.15) is 34.6 Å². The lowest BCUT2D eigenvalue weighted by Gasteiger charge is -2.37. The molecule has 6 heteroatoms. The lowest BCUT2D eigenvalue weighted by molar-refractivity contribution is -0.206. The summed E-state index contributed by atoms with van der Waals surface area (Å²) in [5, 5.41) is 0.117. The van der Waals surface area contributed by atoms with Crippen LogP contribution in [0, 0.1) is 0 Å². The maximum Gasteiger partial charge on any atom is 0.228 e. The summed E-state index contributed by atoms with van der Waals surface area (Å²) in [5.41, 5.74) is 0. The molecule has 4 nitrogen and oxygen atoms in total. The normalized spacial score (nSPS) is 37.2. The van der Waals surface area contributed by atoms with E-state index >= 15 is 0 Å². The van der Waals surface area contributed by atoms with Gasteiger partial charge in [0.2, 0.25) is 6.36 Å². The largest absolute Gasteiger partial charge is 0.414 e. The first kappa shape index (κ1) is 16.4. The highest BCUT2D eigenvalue weighted by Gasteiger charge is 2.56. The number of hydrogen-bond donors (Lipinski definition) is 0. The minimum Gasteiger partial charge on any atom is -0.414 e. The van der Waals surface area contributed by atoms with Crippen molar-refractivity contribution in [2.24, 2.45) is 0 Å². The zero-order valence-electron chi connectivity index (χ0n) is 13.5. The summed E-state index contributed by atoms with van der Waals surface area (Å²) in [6.45, 7) is 14.8. The van der Waals surface area contributed by atoms with Crippen molar-refractivity contribution in [3.05, 3.63) is 0 Å². The molecule has 0 bridgehead atoms. The molecule has 0 N–H and O–H groups in total. The van der Waals surface area contributed by atoms with Crippen molar-refractivity contribution in [3.63, 3.8) is 0 Å². The number of fused-ring (bicyclic) bond motifs is 1. The van der Waals surface area contributed by atoms with Gasteiger partial charge in [-0.15, -0.1) is 0 Å². The second kappa shape index (κ2) is 5.02. The molecule has 2 aliphatic heterocycles. The van der Waals surface area contributed by atoms with Crippen molar-refractivity contribution in [3.8, 4) is 0 Å². The highest BCUT2D eigenvalue weighted by molar-refractivity contribution is 6.74. The summed E-state index contributed by atoms with van der Waals surface area (Å²) < 4.78 is 36.6. The first-order valence-electron chi connectivity index (χ1n) is 7.22. The Morgan fingerprint density at radius 1 is 1.15 bits per heavy atom. The zero-order chi connectivity index (χ0) is 15.3. The third kappa shape index (κ3) is 3.09. The highest BCUT2D eigenvalue weighted by atomic mass is 28.4. The average molecular weight is 306 g/mol. The Morgan fingerprint density at radius 2 is 1.70 bits per heavy atom. The van der Waals surface area contributed by atoms with Crippen LogP contribution in [0.2, 0.25) is 18.1 Å². The molecule has 0 radical (unpaired) electrons. The molecule has 0 saturated carbocycles. The van der Waals surface area contributed by atoms with E-state index in [0.29, 0.717) is 6.61 Å². The maximum atomic E-state index is 13.9. The van der Waals surface area contributed by atoms with Gasteiger partial charge in [0.15, 0.2) is 14.1 Å². The molecule has 0 spiro atoms. The molecule has 2 saturated heterocycles. The molecular weight excluding hydrogens is 279 g/mol. The predicted molar refractivity (Wildman–Crippen MR) is 76.7 cm³/mol. The summed E-state index contributed by atoms with van der Waals surface area (Å²) in [4.78, 5) is 0. The molecule has 0 aromatic heterocycles. The van der Waals surface area contributed by atoms with E-state index in [2.05, 4.69) is 33.9 Å². The molecule has 2 heterocycles. The van der Waals surface area contributed by atoms with Gasteiger partial charge in [0.25, 0.3) is 0 Å². The maximum absolute atomic E-state index is 13.9. The van der Waals surface area contributed by atoms with Gasteiger partial charge in [0.05, 0.1) is 6.61 Å². The fourth-order valence-corrected chi connectivity index (χ4v) is 3.28. The molecule has 0 amide bonds. The average Bonchev–Trinajstić information content (AvgIpc) is 2.70. The molecule has 2 aliphatic rings. The quantitative estimate of drug-likeness (QED) is 0.750. The molecule has 0 aliphatic carbocycles. The van der Waals surface area contributed by atoms with Crippen molar-refractivity contribution in [1.82, 2.24) is 0 Å². The fourth-order valence-electron chi connectivity index (χ4n) is 2.27. The topological polar surface area (TPSA) is 36.9 Å². The van der Waals surface area contributed by atoms with Gasteiger partial charge in [0, 0.05) is 0 Å². The summed E-state index contributed by atoms with van der Waals surface area (Å²) in [5.74, 6) is -0.751. The van der Waals surface area contributed by atoms with Crippen molar-refractivity contribution in [2.75, 3.05) is 6.61 Å². The molecule has 2 rings (SSSR count). The van der Waals surface area contributed by atoms with Crippen LogP contribution in [-0.4, -0.2) is 45.4 Å². The Hall–Kier alpha value is -0.0131. The molecule has 2 fully saturated rings. The lowest BCUT2D eigenvalue weighted by Crippen LogP contribution is -2.44. The third-order valence-corrected chi connectivity index (χ3v) is 9.01. The van der Waals surface area contributed by atoms with E-state index in [1.165, 1.54) is 0 Å². The molecule has 0 aromatic rings. The smallest absolute Gasteiger partial charge is 0.228 e. The lowest BCUT2D eigenvalue weighted by atomic mass is 10.1. The van der Waals surface area contributed by atoms with Crippen LogP contribution in [-0.2, 0) is 18.6 Å². The van der Waals surface area contributed by atoms with Gasteiger partial charge in [-0.2, -0.15) is 0 Å². The van der Waals surface area contributed by atoms with Crippen molar-refractivity contribution < 1.29 is 23.0 Å². The molecule has 118 valence electrons. The van der Waals surface area contributed by atoms with E-state index in [9.17, 15) is 4.39 Å². The van der Waals surface area contributed by atoms with Crippen LogP contribution in [0.3, 0.4) is 0 Å². The Kier molecular flexibility index (Phi) is 4.10. The van der Waals surface area contributed by atoms with E-state index in [-0.39, 0.29) is 11.1 Å². The summed E-state index contributed by atoms with van der Waals surface area (Å²) in [7, 11) is -1.87. The predicted octanol–water partition coefficient (Wildman–Crippen LogP) is 3.22. The first-order valence-corrected chi connectivity index (χ1v) is 10.1. The minimum atomic E-state index is -1.87. The molecular formula is C14H27FO4Si. The third-order valence-electron chi connectivity index (χ3n) is 4.51. The van der Waals surface area contributed by atoms with Crippen LogP contribution in [0.4, 0.5) is 4.39 Å². The van der Waals surface area contributed by atoms with Gasteiger partial charge in [-0.05, 0) is 32.0 Å². The van der Waals surface area contributed by atoms with Crippen LogP contribution >= 0.6 is 0 Å². The second-order valence-corrected chi connectivity index (χ2v) is 12.5. The number of rotatable bonds is 3. The van der Waals surface area contributed by atoms with Gasteiger partial charge < -0.3 is 18.6 Å². The van der Waals surface area contributed by atoms with Gasteiger partial charge in [-0.25, -0.2) is 4.39 Å². The van der Waals surface area contributed by atoms with Crippen LogP contribution in [0.25, 0.3) is 0 Å². The standard InChI is InChI=1S/C14H27FO4Si/c1-13(2,3)20(6,7)16-8-9-10-11(12(15)17-9)19-14(4,5)18-10/h9-12H,8H2,1-7H3/t9-,10-,11-,12+/m1/s1. The number of halogens is 1. The van der Waals surface area contributed by atoms with E-state index in [4.69, 9.17) is 18.6 Å². The SMILES string of the molecule is CC1(C)O[C@@H]2[C@H](O1)[C@@H](CO[Si](C)(C)C(C)(C)C)O[C@@H]2F.